The summed E-state index contributed by atoms with van der Waals surface area (Å²) < 4.78 is 10.5. The Morgan fingerprint density at radius 3 is 1.39 bits per heavy atom. The maximum atomic E-state index is 9.05. The molecule has 0 unspecified atom stereocenters. The summed E-state index contributed by atoms with van der Waals surface area (Å²) in [6.45, 7) is 9.42. The molecule has 0 aromatic heterocycles. The standard InChI is InChI=1S/C14H28O4/c1-13(2,11-15)5-7-17-9-10-18-8-6-14(3,4)12-16/h9-10,15-16H,5-8,11-12H2,1-4H3/b10-9+. The molecule has 18 heavy (non-hydrogen) atoms. The Bertz CT molecular complexity index is 210. The van der Waals surface area contributed by atoms with Crippen molar-refractivity contribution in [2.24, 2.45) is 10.8 Å². The lowest BCUT2D eigenvalue weighted by Gasteiger charge is -2.21. The van der Waals surface area contributed by atoms with E-state index in [9.17, 15) is 0 Å². The van der Waals surface area contributed by atoms with Crippen LogP contribution in [0, 0.1) is 10.8 Å². The van der Waals surface area contributed by atoms with Crippen LogP contribution < -0.4 is 0 Å². The molecule has 4 heteroatoms. The number of aliphatic hydroxyl groups is 2. The minimum Gasteiger partial charge on any atom is -0.498 e. The lowest BCUT2D eigenvalue weighted by molar-refractivity contribution is 0.104. The smallest absolute Gasteiger partial charge is 0.117 e. The number of rotatable bonds is 10. The number of ether oxygens (including phenoxy) is 2. The van der Waals surface area contributed by atoms with Gasteiger partial charge in [0.25, 0.3) is 0 Å². The van der Waals surface area contributed by atoms with Gasteiger partial charge in [-0.25, -0.2) is 0 Å². The van der Waals surface area contributed by atoms with E-state index in [1.54, 1.807) is 0 Å². The molecular formula is C14H28O4. The third-order valence-electron chi connectivity index (χ3n) is 2.90. The van der Waals surface area contributed by atoms with Gasteiger partial charge in [0, 0.05) is 13.2 Å². The van der Waals surface area contributed by atoms with Crippen molar-refractivity contribution in [3.8, 4) is 0 Å². The molecule has 0 fully saturated rings. The lowest BCUT2D eigenvalue weighted by atomic mass is 9.91. The van der Waals surface area contributed by atoms with Gasteiger partial charge in [-0.3, -0.25) is 0 Å². The quantitative estimate of drug-likeness (QED) is 0.467. The van der Waals surface area contributed by atoms with Crippen LogP contribution in [0.25, 0.3) is 0 Å². The fraction of sp³-hybridized carbons (Fsp3) is 0.857. The zero-order chi connectivity index (χ0) is 14.1. The Hall–Kier alpha value is -0.740. The minimum atomic E-state index is -0.0974. The summed E-state index contributed by atoms with van der Waals surface area (Å²) in [6.07, 6.45) is 4.65. The molecule has 0 rings (SSSR count). The van der Waals surface area contributed by atoms with Crippen LogP contribution in [0.4, 0.5) is 0 Å². The van der Waals surface area contributed by atoms with Crippen LogP contribution in [0.15, 0.2) is 12.5 Å². The van der Waals surface area contributed by atoms with Crippen LogP contribution in [0.2, 0.25) is 0 Å². The van der Waals surface area contributed by atoms with Crippen LogP contribution in [-0.4, -0.2) is 36.6 Å². The molecule has 0 aliphatic carbocycles. The van der Waals surface area contributed by atoms with Gasteiger partial charge < -0.3 is 19.7 Å². The summed E-state index contributed by atoms with van der Waals surface area (Å²) in [7, 11) is 0. The molecule has 0 aromatic carbocycles. The van der Waals surface area contributed by atoms with Crippen molar-refractivity contribution in [3.63, 3.8) is 0 Å². The highest BCUT2D eigenvalue weighted by atomic mass is 16.5. The Morgan fingerprint density at radius 2 is 1.11 bits per heavy atom. The van der Waals surface area contributed by atoms with E-state index in [1.165, 1.54) is 12.5 Å². The van der Waals surface area contributed by atoms with Crippen LogP contribution in [0.3, 0.4) is 0 Å². The average Bonchev–Trinajstić information content (AvgIpc) is 2.32. The van der Waals surface area contributed by atoms with Crippen molar-refractivity contribution in [1.29, 1.82) is 0 Å². The lowest BCUT2D eigenvalue weighted by Crippen LogP contribution is -2.18. The van der Waals surface area contributed by atoms with Gasteiger partial charge in [-0.2, -0.15) is 0 Å². The van der Waals surface area contributed by atoms with Gasteiger partial charge >= 0.3 is 0 Å². The Kier molecular flexibility index (Phi) is 8.03. The molecule has 0 spiro atoms. The van der Waals surface area contributed by atoms with Gasteiger partial charge in [0.05, 0.1) is 13.2 Å². The van der Waals surface area contributed by atoms with Crippen LogP contribution >= 0.6 is 0 Å². The number of hydrogen-bond acceptors (Lipinski definition) is 4. The van der Waals surface area contributed by atoms with Crippen molar-refractivity contribution >= 4 is 0 Å². The first kappa shape index (κ1) is 17.3. The van der Waals surface area contributed by atoms with E-state index in [4.69, 9.17) is 19.7 Å². The van der Waals surface area contributed by atoms with Gasteiger partial charge in [0.1, 0.15) is 12.5 Å². The molecule has 0 aromatic rings. The fourth-order valence-electron chi connectivity index (χ4n) is 1.04. The first-order chi connectivity index (χ1) is 8.33. The molecule has 0 saturated carbocycles. The number of hydrogen-bond donors (Lipinski definition) is 2. The Balaban J connectivity index is 3.51. The zero-order valence-corrected chi connectivity index (χ0v) is 12.1. The minimum absolute atomic E-state index is 0.0974. The summed E-state index contributed by atoms with van der Waals surface area (Å²) in [5.74, 6) is 0. The van der Waals surface area contributed by atoms with E-state index in [-0.39, 0.29) is 24.0 Å². The van der Waals surface area contributed by atoms with Gasteiger partial charge in [0.2, 0.25) is 0 Å². The molecule has 0 aliphatic rings. The van der Waals surface area contributed by atoms with Gasteiger partial charge in [0.15, 0.2) is 0 Å². The normalized spacial score (nSPS) is 13.0. The molecule has 0 amide bonds. The molecular weight excluding hydrogens is 232 g/mol. The summed E-state index contributed by atoms with van der Waals surface area (Å²) in [6, 6.07) is 0. The van der Waals surface area contributed by atoms with E-state index >= 15 is 0 Å². The van der Waals surface area contributed by atoms with Crippen LogP contribution in [0.5, 0.6) is 0 Å². The van der Waals surface area contributed by atoms with E-state index in [0.29, 0.717) is 13.2 Å². The average molecular weight is 260 g/mol. The predicted octanol–water partition coefficient (Wildman–Crippen LogP) is 2.31. The number of aliphatic hydroxyl groups excluding tert-OH is 2. The maximum Gasteiger partial charge on any atom is 0.117 e. The van der Waals surface area contributed by atoms with Crippen molar-refractivity contribution in [1.82, 2.24) is 0 Å². The zero-order valence-electron chi connectivity index (χ0n) is 12.1. The molecule has 0 atom stereocenters. The summed E-state index contributed by atoms with van der Waals surface area (Å²) >= 11 is 0. The van der Waals surface area contributed by atoms with E-state index < -0.39 is 0 Å². The second-order valence-electron chi connectivity index (χ2n) is 6.16. The predicted molar refractivity (Wildman–Crippen MR) is 72.0 cm³/mol. The van der Waals surface area contributed by atoms with Crippen LogP contribution in [-0.2, 0) is 9.47 Å². The summed E-state index contributed by atoms with van der Waals surface area (Å²) in [5, 5.41) is 18.1. The first-order valence-electron chi connectivity index (χ1n) is 6.43. The second-order valence-corrected chi connectivity index (χ2v) is 6.16. The van der Waals surface area contributed by atoms with Crippen molar-refractivity contribution in [2.45, 2.75) is 40.5 Å². The molecule has 0 aliphatic heterocycles. The monoisotopic (exact) mass is 260 g/mol. The van der Waals surface area contributed by atoms with Crippen molar-refractivity contribution < 1.29 is 19.7 Å². The van der Waals surface area contributed by atoms with E-state index in [0.717, 1.165) is 12.8 Å². The SMILES string of the molecule is CC(C)(CO)CCO/C=C/OCCC(C)(C)CO. The molecule has 0 saturated heterocycles. The third-order valence-corrected chi connectivity index (χ3v) is 2.90. The maximum absolute atomic E-state index is 9.05. The first-order valence-corrected chi connectivity index (χ1v) is 6.43. The molecule has 0 bridgehead atoms. The molecule has 0 radical (unpaired) electrons. The van der Waals surface area contributed by atoms with Gasteiger partial charge in [-0.1, -0.05) is 27.7 Å². The van der Waals surface area contributed by atoms with E-state index in [1.807, 2.05) is 27.7 Å². The van der Waals surface area contributed by atoms with Crippen molar-refractivity contribution in [2.75, 3.05) is 26.4 Å². The molecule has 2 N–H and O–H groups in total. The highest BCUT2D eigenvalue weighted by Gasteiger charge is 2.16. The largest absolute Gasteiger partial charge is 0.498 e. The Morgan fingerprint density at radius 1 is 0.778 bits per heavy atom. The van der Waals surface area contributed by atoms with Gasteiger partial charge in [-0.05, 0) is 23.7 Å². The topological polar surface area (TPSA) is 58.9 Å². The highest BCUT2D eigenvalue weighted by molar-refractivity contribution is 4.69. The highest BCUT2D eigenvalue weighted by Crippen LogP contribution is 2.19. The Labute approximate surface area is 111 Å². The summed E-state index contributed by atoms with van der Waals surface area (Å²) in [4.78, 5) is 0. The third kappa shape index (κ3) is 9.31. The van der Waals surface area contributed by atoms with Crippen molar-refractivity contribution in [3.05, 3.63) is 12.5 Å². The molecule has 0 heterocycles. The second kappa shape index (κ2) is 8.38. The molecule has 108 valence electrons. The van der Waals surface area contributed by atoms with E-state index in [2.05, 4.69) is 0 Å². The molecule has 4 nitrogen and oxygen atoms in total. The fourth-order valence-corrected chi connectivity index (χ4v) is 1.04. The van der Waals surface area contributed by atoms with Crippen LogP contribution in [0.1, 0.15) is 40.5 Å². The summed E-state index contributed by atoms with van der Waals surface area (Å²) in [5.41, 5.74) is -0.195. The van der Waals surface area contributed by atoms with Gasteiger partial charge in [-0.15, -0.1) is 0 Å².